The largest absolute Gasteiger partial charge is 0.391 e. The summed E-state index contributed by atoms with van der Waals surface area (Å²) in [5, 5.41) is 78.1. The molecule has 0 bridgehead atoms. The van der Waals surface area contributed by atoms with Crippen LogP contribution >= 0.6 is 23.2 Å². The van der Waals surface area contributed by atoms with Gasteiger partial charge < -0.3 is 52.3 Å². The molecule has 0 unspecified atom stereocenters. The van der Waals surface area contributed by atoms with Gasteiger partial charge in [0.1, 0.15) is 24.2 Å². The first-order valence-electron chi connectivity index (χ1n) is 19.7. The molecule has 0 spiro atoms. The number of halogens is 2. The van der Waals surface area contributed by atoms with Crippen LogP contribution in [0.25, 0.3) is 0 Å². The molecule has 0 aliphatic carbocycles. The monoisotopic (exact) mass is 954 g/mol. The van der Waals surface area contributed by atoms with Crippen LogP contribution in [0.2, 0.25) is 10.0 Å². The third-order valence-corrected chi connectivity index (χ3v) is 10.3. The first-order valence-corrected chi connectivity index (χ1v) is 20.4. The molecule has 0 saturated heterocycles. The highest BCUT2D eigenvalue weighted by molar-refractivity contribution is 6.34. The molecule has 0 heterocycles. The fourth-order valence-corrected chi connectivity index (χ4v) is 6.54. The first kappa shape index (κ1) is 51.6. The summed E-state index contributed by atoms with van der Waals surface area (Å²) >= 11 is 12.3. The quantitative estimate of drug-likeness (QED) is 0.0416. The van der Waals surface area contributed by atoms with Gasteiger partial charge >= 0.3 is 0 Å². The number of rotatable bonds is 21. The van der Waals surface area contributed by atoms with Crippen molar-refractivity contribution in [2.24, 2.45) is 0 Å². The Kier molecular flexibility index (Phi) is 18.5. The second-order valence-corrected chi connectivity index (χ2v) is 15.5. The molecule has 0 aromatic heterocycles. The van der Waals surface area contributed by atoms with Crippen LogP contribution in [0.1, 0.15) is 25.0 Å². The molecule has 4 aromatic rings. The van der Waals surface area contributed by atoms with Gasteiger partial charge in [0, 0.05) is 37.1 Å². The lowest BCUT2D eigenvalue weighted by atomic mass is 10.0. The summed E-state index contributed by atoms with van der Waals surface area (Å²) in [7, 11) is 0. The zero-order chi connectivity index (χ0) is 48.8. The van der Waals surface area contributed by atoms with Crippen LogP contribution in [0.3, 0.4) is 0 Å². The molecule has 10 N–H and O–H groups in total. The summed E-state index contributed by atoms with van der Waals surface area (Å²) in [6.45, 7) is 2.14. The van der Waals surface area contributed by atoms with E-state index < -0.39 is 93.9 Å². The highest BCUT2D eigenvalue weighted by Gasteiger charge is 2.38. The minimum atomic E-state index is -2.67. The van der Waals surface area contributed by atoms with Gasteiger partial charge in [-0.3, -0.25) is 49.0 Å². The maximum atomic E-state index is 13.6. The van der Waals surface area contributed by atoms with Crippen LogP contribution < -0.4 is 31.9 Å². The van der Waals surface area contributed by atoms with Gasteiger partial charge in [-0.15, -0.1) is 0 Å². The summed E-state index contributed by atoms with van der Waals surface area (Å²) in [5.74, 6) is -7.25. The van der Waals surface area contributed by atoms with Crippen molar-refractivity contribution in [3.8, 4) is 0 Å². The topological polar surface area (TPSA) is 342 Å². The number of aliphatic hydroxyl groups is 4. The average molecular weight is 956 g/mol. The maximum absolute atomic E-state index is 13.6. The Labute approximate surface area is 385 Å². The van der Waals surface area contributed by atoms with Gasteiger partial charge in [-0.2, -0.15) is 0 Å². The van der Waals surface area contributed by atoms with Crippen LogP contribution in [-0.2, 0) is 41.6 Å². The second kappa shape index (κ2) is 23.7. The Hall–Kier alpha value is -7.08. The number of carbonyl (C=O) groups excluding carboxylic acids is 6. The van der Waals surface area contributed by atoms with E-state index in [2.05, 4.69) is 21.3 Å². The molecule has 0 aliphatic rings. The number of benzene rings is 4. The van der Waals surface area contributed by atoms with Gasteiger partial charge in [-0.1, -0.05) is 83.9 Å². The smallest absolute Gasteiger partial charge is 0.271 e. The van der Waals surface area contributed by atoms with Crippen molar-refractivity contribution in [2.75, 3.05) is 10.6 Å². The number of aliphatic hydroxyl groups excluding tert-OH is 4. The van der Waals surface area contributed by atoms with E-state index in [1.165, 1.54) is 12.1 Å². The summed E-state index contributed by atoms with van der Waals surface area (Å²) in [6, 6.07) is 16.3. The van der Waals surface area contributed by atoms with E-state index in [4.69, 9.17) is 23.2 Å². The van der Waals surface area contributed by atoms with E-state index >= 15 is 0 Å². The summed E-state index contributed by atoms with van der Waals surface area (Å²) in [5.41, 5.74) is 0.269. The Morgan fingerprint density at radius 1 is 0.515 bits per heavy atom. The third-order valence-electron chi connectivity index (χ3n) is 9.64. The highest BCUT2D eigenvalue weighted by atomic mass is 35.5. The van der Waals surface area contributed by atoms with Gasteiger partial charge in [0.05, 0.1) is 43.5 Å². The number of nitrogens with zero attached hydrogens (tertiary/aromatic N) is 2. The summed E-state index contributed by atoms with van der Waals surface area (Å²) < 4.78 is 0. The van der Waals surface area contributed by atoms with Crippen LogP contribution in [0.5, 0.6) is 0 Å². The highest BCUT2D eigenvalue weighted by Crippen LogP contribution is 2.28. The maximum Gasteiger partial charge on any atom is 0.271 e. The second-order valence-electron chi connectivity index (χ2n) is 14.7. The standard InChI is InChI=1S/C42H44Cl2N8O14/c1-21(53)33(39(59)47-31(17-23-9-5-3-6-10-23)37(57)45-29-15-13-25(51(63)64)19-27(29)43)49-41(61)35(55)36(56)42(62)50-34(22(2)54)40(60)48-32(18-24-11-7-4-8-12-24)38(58)46-30-16-14-26(52(65)66)20-28(30)44/h3-16,19-22,31-36,53-56H,17-18H2,1-2H3,(H,45,57)(H,46,58)(H,47,59)(H,48,60)(H,49,61)(H,50,62)/t21-,22-,31+,32+,33+,34+,35-,36-/m1/s1. The number of nitro groups is 2. The molecule has 8 atom stereocenters. The van der Waals surface area contributed by atoms with Gasteiger partial charge in [0.2, 0.25) is 23.6 Å². The normalized spacial score (nSPS) is 14.6. The van der Waals surface area contributed by atoms with Crippen molar-refractivity contribution < 1.29 is 59.0 Å². The molecule has 0 saturated carbocycles. The number of anilines is 2. The van der Waals surface area contributed by atoms with E-state index in [-0.39, 0.29) is 45.6 Å². The van der Waals surface area contributed by atoms with E-state index in [1.807, 2.05) is 10.6 Å². The van der Waals surface area contributed by atoms with Crippen molar-refractivity contribution in [3.63, 3.8) is 0 Å². The van der Waals surface area contributed by atoms with E-state index in [0.29, 0.717) is 11.1 Å². The minimum absolute atomic E-state index is 0.0480. The molecule has 4 aromatic carbocycles. The lowest BCUT2D eigenvalue weighted by molar-refractivity contribution is -0.385. The molecule has 0 fully saturated rings. The SMILES string of the molecule is C[C@@H](O)[C@H](NC(=O)[C@H](O)[C@@H](O)C(=O)N[C@H](C(=O)N[C@@H](Cc1ccccc1)C(=O)Nc1ccc([N+](=O)[O-])cc1Cl)[C@@H](C)O)C(=O)N[C@@H](Cc1ccccc1)C(=O)Nc1ccc([N+](=O)[O-])cc1Cl. The fourth-order valence-electron chi connectivity index (χ4n) is 6.09. The number of carbonyl (C=O) groups is 6. The van der Waals surface area contributed by atoms with Crippen molar-refractivity contribution in [3.05, 3.63) is 138 Å². The lowest BCUT2D eigenvalue weighted by Gasteiger charge is -2.27. The Balaban J connectivity index is 1.46. The Morgan fingerprint density at radius 3 is 1.14 bits per heavy atom. The van der Waals surface area contributed by atoms with Gasteiger partial charge in [-0.05, 0) is 37.1 Å². The van der Waals surface area contributed by atoms with Crippen molar-refractivity contribution >= 4 is 81.4 Å². The van der Waals surface area contributed by atoms with E-state index in [0.717, 1.165) is 38.1 Å². The zero-order valence-electron chi connectivity index (χ0n) is 34.8. The molecule has 66 heavy (non-hydrogen) atoms. The minimum Gasteiger partial charge on any atom is -0.391 e. The van der Waals surface area contributed by atoms with E-state index in [9.17, 15) is 69.4 Å². The zero-order valence-corrected chi connectivity index (χ0v) is 36.3. The van der Waals surface area contributed by atoms with Crippen molar-refractivity contribution in [1.82, 2.24) is 21.3 Å². The van der Waals surface area contributed by atoms with Crippen LogP contribution in [0.15, 0.2) is 97.1 Å². The number of hydrogen-bond acceptors (Lipinski definition) is 14. The number of hydrogen-bond donors (Lipinski definition) is 10. The predicted octanol–water partition coefficient (Wildman–Crippen LogP) is 1.30. The van der Waals surface area contributed by atoms with Crippen molar-refractivity contribution in [2.45, 2.75) is 75.3 Å². The predicted molar refractivity (Wildman–Crippen MR) is 237 cm³/mol. The van der Waals surface area contributed by atoms with Crippen molar-refractivity contribution in [1.29, 1.82) is 0 Å². The molecular weight excluding hydrogens is 911 g/mol. The number of nitrogens with one attached hydrogen (secondary N) is 6. The lowest BCUT2D eigenvalue weighted by Crippen LogP contribution is -2.61. The van der Waals surface area contributed by atoms with Gasteiger partial charge in [0.25, 0.3) is 23.2 Å². The summed E-state index contributed by atoms with van der Waals surface area (Å²) in [6.07, 6.45) is -9.11. The number of nitro benzene ring substituents is 2. The number of amides is 6. The molecule has 6 amide bonds. The average Bonchev–Trinajstić information content (AvgIpc) is 3.27. The Bertz CT molecular complexity index is 2260. The van der Waals surface area contributed by atoms with Gasteiger partial charge in [-0.25, -0.2) is 0 Å². The molecule has 0 radical (unpaired) electrons. The molecular formula is C42H44Cl2N8O14. The van der Waals surface area contributed by atoms with E-state index in [1.54, 1.807) is 60.7 Å². The molecule has 4 rings (SSSR count). The number of non-ortho nitro benzene ring substituents is 2. The van der Waals surface area contributed by atoms with Crippen LogP contribution in [0.4, 0.5) is 22.7 Å². The molecule has 350 valence electrons. The molecule has 24 heteroatoms. The van der Waals surface area contributed by atoms with Gasteiger partial charge in [0.15, 0.2) is 12.2 Å². The summed E-state index contributed by atoms with van der Waals surface area (Å²) in [4.78, 5) is 101. The fraction of sp³-hybridized carbons (Fsp3) is 0.286. The first-order chi connectivity index (χ1) is 31.2. The Morgan fingerprint density at radius 2 is 0.848 bits per heavy atom. The molecule has 0 aliphatic heterocycles. The van der Waals surface area contributed by atoms with Crippen LogP contribution in [-0.4, -0.2) is 114 Å². The van der Waals surface area contributed by atoms with Crippen LogP contribution in [0, 0.1) is 20.2 Å². The third kappa shape index (κ3) is 14.5. The molecule has 22 nitrogen and oxygen atoms in total.